The van der Waals surface area contributed by atoms with Gasteiger partial charge in [-0.1, -0.05) is 13.8 Å². The van der Waals surface area contributed by atoms with Crippen molar-refractivity contribution in [1.82, 2.24) is 4.90 Å². The summed E-state index contributed by atoms with van der Waals surface area (Å²) in [4.78, 5) is 25.0. The average Bonchev–Trinajstić information content (AvgIpc) is 2.14. The Hall–Kier alpha value is -1.06. The van der Waals surface area contributed by atoms with E-state index < -0.39 is 5.60 Å². The van der Waals surface area contributed by atoms with Crippen molar-refractivity contribution in [2.45, 2.75) is 60.0 Å². The molecule has 0 aliphatic rings. The lowest BCUT2D eigenvalue weighted by atomic mass is 10.1. The van der Waals surface area contributed by atoms with Crippen LogP contribution >= 0.6 is 0 Å². The predicted octanol–water partition coefficient (Wildman–Crippen LogP) is 3.25. The molecule has 0 N–H and O–H groups in total. The third kappa shape index (κ3) is 8.09. The maximum absolute atomic E-state index is 11.8. The molecule has 106 valence electrons. The van der Waals surface area contributed by atoms with E-state index in [4.69, 9.17) is 4.74 Å². The van der Waals surface area contributed by atoms with E-state index in [9.17, 15) is 9.59 Å². The summed E-state index contributed by atoms with van der Waals surface area (Å²) in [6.45, 7) is 12.4. The number of ketones is 1. The molecule has 4 nitrogen and oxygen atoms in total. The summed E-state index contributed by atoms with van der Waals surface area (Å²) in [5, 5.41) is 0. The molecule has 0 aromatic heterocycles. The van der Waals surface area contributed by atoms with Crippen LogP contribution < -0.4 is 0 Å². The minimum atomic E-state index is -0.494. The summed E-state index contributed by atoms with van der Waals surface area (Å²) in [5.41, 5.74) is -0.494. The smallest absolute Gasteiger partial charge is 0.410 e. The van der Waals surface area contributed by atoms with Crippen molar-refractivity contribution in [3.8, 4) is 0 Å². The number of carbonyl (C=O) groups excluding carboxylic acids is 2. The molecule has 18 heavy (non-hydrogen) atoms. The predicted molar refractivity (Wildman–Crippen MR) is 72.6 cm³/mol. The zero-order valence-corrected chi connectivity index (χ0v) is 12.6. The van der Waals surface area contributed by atoms with Crippen LogP contribution in [0.5, 0.6) is 0 Å². The third-order valence-electron chi connectivity index (χ3n) is 2.33. The highest BCUT2D eigenvalue weighted by atomic mass is 16.6. The number of hydrogen-bond donors (Lipinski definition) is 0. The van der Waals surface area contributed by atoms with Crippen LogP contribution in [0, 0.1) is 5.92 Å². The number of hydrogen-bond acceptors (Lipinski definition) is 3. The molecule has 0 radical (unpaired) electrons. The summed E-state index contributed by atoms with van der Waals surface area (Å²) in [6.07, 6.45) is 0.638. The van der Waals surface area contributed by atoms with E-state index in [-0.39, 0.29) is 11.9 Å². The van der Waals surface area contributed by atoms with Crippen LogP contribution in [0.3, 0.4) is 0 Å². The first-order chi connectivity index (χ1) is 8.15. The molecule has 0 fully saturated rings. The van der Waals surface area contributed by atoms with Crippen LogP contribution in [-0.2, 0) is 9.53 Å². The Morgan fingerprint density at radius 3 is 2.17 bits per heavy atom. The maximum Gasteiger partial charge on any atom is 0.410 e. The van der Waals surface area contributed by atoms with Gasteiger partial charge in [-0.05, 0) is 33.6 Å². The van der Waals surface area contributed by atoms with E-state index in [0.717, 1.165) is 0 Å². The van der Waals surface area contributed by atoms with Crippen LogP contribution in [0.2, 0.25) is 0 Å². The first kappa shape index (κ1) is 16.9. The molecular weight excluding hydrogens is 230 g/mol. The molecule has 0 spiro atoms. The van der Waals surface area contributed by atoms with Gasteiger partial charge in [-0.3, -0.25) is 4.79 Å². The molecule has 0 bridgehead atoms. The number of carbonyl (C=O) groups is 2. The van der Waals surface area contributed by atoms with Gasteiger partial charge in [-0.15, -0.1) is 0 Å². The van der Waals surface area contributed by atoms with Crippen molar-refractivity contribution in [2.75, 3.05) is 13.1 Å². The fraction of sp³-hybridized carbons (Fsp3) is 0.857. The summed E-state index contributed by atoms with van der Waals surface area (Å²) >= 11 is 0. The molecule has 0 atom stereocenters. The Kier molecular flexibility index (Phi) is 6.96. The van der Waals surface area contributed by atoms with Gasteiger partial charge in [-0.25, -0.2) is 4.79 Å². The molecule has 0 aromatic rings. The summed E-state index contributed by atoms with van der Waals surface area (Å²) < 4.78 is 5.28. The van der Waals surface area contributed by atoms with Crippen molar-refractivity contribution in [3.63, 3.8) is 0 Å². The van der Waals surface area contributed by atoms with Gasteiger partial charge >= 0.3 is 6.09 Å². The molecule has 0 heterocycles. The number of amides is 1. The van der Waals surface area contributed by atoms with Crippen LogP contribution in [-0.4, -0.2) is 35.5 Å². The normalized spacial score (nSPS) is 11.5. The average molecular weight is 257 g/mol. The summed E-state index contributed by atoms with van der Waals surface area (Å²) in [7, 11) is 0. The molecule has 0 aromatic carbocycles. The number of ether oxygens (including phenoxy) is 1. The Morgan fingerprint density at radius 1 is 1.22 bits per heavy atom. The van der Waals surface area contributed by atoms with E-state index in [1.807, 2.05) is 41.5 Å². The highest BCUT2D eigenvalue weighted by Crippen LogP contribution is 2.11. The zero-order valence-electron chi connectivity index (χ0n) is 12.6. The van der Waals surface area contributed by atoms with Gasteiger partial charge < -0.3 is 9.64 Å². The Morgan fingerprint density at radius 2 is 1.78 bits per heavy atom. The van der Waals surface area contributed by atoms with Gasteiger partial charge in [0, 0.05) is 25.9 Å². The number of rotatable bonds is 6. The van der Waals surface area contributed by atoms with Crippen LogP contribution in [0.25, 0.3) is 0 Å². The Labute approximate surface area is 111 Å². The second kappa shape index (κ2) is 7.39. The maximum atomic E-state index is 11.8. The molecule has 0 saturated heterocycles. The first-order valence-electron chi connectivity index (χ1n) is 6.65. The number of nitrogens with zero attached hydrogens (tertiary/aromatic N) is 1. The summed E-state index contributed by atoms with van der Waals surface area (Å²) in [5.74, 6) is 0.570. The molecule has 0 saturated carbocycles. The van der Waals surface area contributed by atoms with Crippen LogP contribution in [0.4, 0.5) is 4.79 Å². The quantitative estimate of drug-likeness (QED) is 0.733. The van der Waals surface area contributed by atoms with Crippen molar-refractivity contribution in [2.24, 2.45) is 5.92 Å². The molecule has 1 amide bonds. The fourth-order valence-corrected chi connectivity index (χ4v) is 1.52. The largest absolute Gasteiger partial charge is 0.444 e. The van der Waals surface area contributed by atoms with Gasteiger partial charge in [0.15, 0.2) is 0 Å². The van der Waals surface area contributed by atoms with Crippen molar-refractivity contribution >= 4 is 11.9 Å². The lowest BCUT2D eigenvalue weighted by molar-refractivity contribution is -0.120. The first-order valence-corrected chi connectivity index (χ1v) is 6.65. The van der Waals surface area contributed by atoms with Crippen LogP contribution in [0.1, 0.15) is 54.4 Å². The van der Waals surface area contributed by atoms with E-state index in [0.29, 0.717) is 31.8 Å². The molecule has 0 aliphatic carbocycles. The molecule has 0 rings (SSSR count). The van der Waals surface area contributed by atoms with Crippen LogP contribution in [0.15, 0.2) is 0 Å². The molecular formula is C14H27NO3. The van der Waals surface area contributed by atoms with E-state index in [1.54, 1.807) is 4.90 Å². The minimum absolute atomic E-state index is 0.201. The minimum Gasteiger partial charge on any atom is -0.444 e. The van der Waals surface area contributed by atoms with Crippen molar-refractivity contribution in [3.05, 3.63) is 0 Å². The lowest BCUT2D eigenvalue weighted by Crippen LogP contribution is -2.37. The van der Waals surface area contributed by atoms with Gasteiger partial charge in [0.1, 0.15) is 11.4 Å². The van der Waals surface area contributed by atoms with Crippen molar-refractivity contribution in [1.29, 1.82) is 0 Å². The highest BCUT2D eigenvalue weighted by Gasteiger charge is 2.21. The van der Waals surface area contributed by atoms with E-state index >= 15 is 0 Å². The highest BCUT2D eigenvalue weighted by molar-refractivity contribution is 5.79. The Bertz CT molecular complexity index is 279. The SMILES string of the molecule is CCN(CCC(=O)CC(C)C)C(=O)OC(C)(C)C. The monoisotopic (exact) mass is 257 g/mol. The second-order valence-electron chi connectivity index (χ2n) is 5.95. The number of Topliss-reactive ketones (excluding diaryl/α,β-unsaturated/α-hetero) is 1. The summed E-state index contributed by atoms with van der Waals surface area (Å²) in [6, 6.07) is 0. The van der Waals surface area contributed by atoms with Gasteiger partial charge in [0.05, 0.1) is 0 Å². The molecule has 4 heteroatoms. The standard InChI is InChI=1S/C14H27NO3/c1-7-15(13(17)18-14(4,5)6)9-8-12(16)10-11(2)3/h11H,7-10H2,1-6H3. The zero-order chi connectivity index (χ0) is 14.3. The third-order valence-corrected chi connectivity index (χ3v) is 2.33. The van der Waals surface area contributed by atoms with Gasteiger partial charge in [0.25, 0.3) is 0 Å². The molecule has 0 unspecified atom stereocenters. The fourth-order valence-electron chi connectivity index (χ4n) is 1.52. The van der Waals surface area contributed by atoms with Crippen molar-refractivity contribution < 1.29 is 14.3 Å². The van der Waals surface area contributed by atoms with Gasteiger partial charge in [0.2, 0.25) is 0 Å². The molecule has 0 aliphatic heterocycles. The van der Waals surface area contributed by atoms with E-state index in [1.165, 1.54) is 0 Å². The topological polar surface area (TPSA) is 46.6 Å². The lowest BCUT2D eigenvalue weighted by Gasteiger charge is -2.26. The second-order valence-corrected chi connectivity index (χ2v) is 5.95. The van der Waals surface area contributed by atoms with Gasteiger partial charge in [-0.2, -0.15) is 0 Å². The van der Waals surface area contributed by atoms with E-state index in [2.05, 4.69) is 0 Å². The Balaban J connectivity index is 4.19.